The second-order valence-electron chi connectivity index (χ2n) is 5.90. The minimum Gasteiger partial charge on any atom is -0.349 e. The van der Waals surface area contributed by atoms with Crippen LogP contribution in [0.4, 0.5) is 8.78 Å². The molecule has 0 aromatic heterocycles. The number of carbonyl (C=O) groups is 1. The average molecular weight is 417 g/mol. The molecule has 10 heteroatoms. The largest absolute Gasteiger partial charge is 0.349 e. The number of nitrogens with one attached hydrogen (secondary N) is 1. The lowest BCUT2D eigenvalue weighted by Gasteiger charge is -2.28. The van der Waals surface area contributed by atoms with Gasteiger partial charge in [0, 0.05) is 5.02 Å². The monoisotopic (exact) mass is 416 g/mol. The SMILES string of the molecule is Cl.NCC(F)(F)CNC(=O)C1(S(=O)(=O)c2ccc(Cl)cc2)CCCC1. The van der Waals surface area contributed by atoms with Crippen LogP contribution in [0.1, 0.15) is 25.7 Å². The van der Waals surface area contributed by atoms with Gasteiger partial charge in [0.25, 0.3) is 5.92 Å². The number of hydrogen-bond acceptors (Lipinski definition) is 4. The van der Waals surface area contributed by atoms with Gasteiger partial charge >= 0.3 is 0 Å². The first kappa shape index (κ1) is 22.1. The van der Waals surface area contributed by atoms with E-state index in [2.05, 4.69) is 5.32 Å². The van der Waals surface area contributed by atoms with Crippen LogP contribution >= 0.6 is 24.0 Å². The van der Waals surface area contributed by atoms with Gasteiger partial charge < -0.3 is 11.1 Å². The summed E-state index contributed by atoms with van der Waals surface area (Å²) in [6.07, 6.45) is 1.26. The molecule has 0 spiro atoms. The highest BCUT2D eigenvalue weighted by molar-refractivity contribution is 7.93. The normalized spacial score (nSPS) is 17.0. The highest BCUT2D eigenvalue weighted by Crippen LogP contribution is 2.41. The van der Waals surface area contributed by atoms with Gasteiger partial charge in [0.2, 0.25) is 5.91 Å². The van der Waals surface area contributed by atoms with Gasteiger partial charge in [-0.2, -0.15) is 0 Å². The van der Waals surface area contributed by atoms with Crippen LogP contribution in [0.3, 0.4) is 0 Å². The van der Waals surface area contributed by atoms with E-state index in [1.54, 1.807) is 0 Å². The van der Waals surface area contributed by atoms with Crippen molar-refractivity contribution in [2.24, 2.45) is 5.73 Å². The Kier molecular flexibility index (Phi) is 7.21. The molecule has 0 radical (unpaired) electrons. The molecule has 142 valence electrons. The predicted octanol–water partition coefficient (Wildman–Crippen LogP) is 2.56. The molecule has 0 aliphatic heterocycles. The lowest BCUT2D eigenvalue weighted by Crippen LogP contribution is -2.53. The van der Waals surface area contributed by atoms with Crippen molar-refractivity contribution in [3.63, 3.8) is 0 Å². The van der Waals surface area contributed by atoms with Crippen molar-refractivity contribution >= 4 is 39.8 Å². The number of nitrogens with two attached hydrogens (primary N) is 1. The second kappa shape index (κ2) is 8.16. The fraction of sp³-hybridized carbons (Fsp3) is 0.533. The van der Waals surface area contributed by atoms with Crippen molar-refractivity contribution in [1.82, 2.24) is 5.32 Å². The van der Waals surface area contributed by atoms with E-state index in [0.29, 0.717) is 17.9 Å². The summed E-state index contributed by atoms with van der Waals surface area (Å²) >= 11 is 5.77. The number of amides is 1. The second-order valence-corrected chi connectivity index (χ2v) is 8.60. The zero-order valence-electron chi connectivity index (χ0n) is 13.3. The molecule has 5 nitrogen and oxygen atoms in total. The first-order valence-electron chi connectivity index (χ1n) is 7.51. The fourth-order valence-electron chi connectivity index (χ4n) is 2.85. The summed E-state index contributed by atoms with van der Waals surface area (Å²) in [6, 6.07) is 5.47. The molecule has 1 aliphatic rings. The molecule has 1 aromatic rings. The van der Waals surface area contributed by atoms with Crippen LogP contribution in [0.2, 0.25) is 5.02 Å². The lowest BCUT2D eigenvalue weighted by molar-refractivity contribution is -0.125. The van der Waals surface area contributed by atoms with Crippen LogP contribution < -0.4 is 11.1 Å². The third-order valence-corrected chi connectivity index (χ3v) is 7.04. The van der Waals surface area contributed by atoms with Crippen molar-refractivity contribution in [2.45, 2.75) is 41.2 Å². The number of sulfone groups is 1. The van der Waals surface area contributed by atoms with E-state index in [1.807, 2.05) is 0 Å². The molecule has 1 amide bonds. The molecule has 1 aliphatic carbocycles. The van der Waals surface area contributed by atoms with Crippen LogP contribution in [0.25, 0.3) is 0 Å². The Morgan fingerprint density at radius 1 is 1.24 bits per heavy atom. The van der Waals surface area contributed by atoms with E-state index in [9.17, 15) is 22.0 Å². The zero-order valence-corrected chi connectivity index (χ0v) is 15.7. The number of rotatable bonds is 6. The van der Waals surface area contributed by atoms with Gasteiger partial charge in [-0.1, -0.05) is 24.4 Å². The van der Waals surface area contributed by atoms with Gasteiger partial charge in [-0.25, -0.2) is 17.2 Å². The van der Waals surface area contributed by atoms with Gasteiger partial charge in [-0.3, -0.25) is 4.79 Å². The summed E-state index contributed by atoms with van der Waals surface area (Å²) in [4.78, 5) is 12.5. The van der Waals surface area contributed by atoms with E-state index in [4.69, 9.17) is 17.3 Å². The number of hydrogen-bond donors (Lipinski definition) is 2. The molecule has 0 atom stereocenters. The van der Waals surface area contributed by atoms with Gasteiger partial charge in [0.05, 0.1) is 18.0 Å². The third-order valence-electron chi connectivity index (χ3n) is 4.27. The van der Waals surface area contributed by atoms with E-state index in [1.165, 1.54) is 24.3 Å². The molecule has 3 N–H and O–H groups in total. The molecular weight excluding hydrogens is 397 g/mol. The maximum atomic E-state index is 13.3. The fourth-order valence-corrected chi connectivity index (χ4v) is 5.06. The highest BCUT2D eigenvalue weighted by atomic mass is 35.5. The molecule has 1 fully saturated rings. The summed E-state index contributed by atoms with van der Waals surface area (Å²) in [5.41, 5.74) is 4.94. The van der Waals surface area contributed by atoms with E-state index >= 15 is 0 Å². The van der Waals surface area contributed by atoms with Crippen molar-refractivity contribution in [3.05, 3.63) is 29.3 Å². The summed E-state index contributed by atoms with van der Waals surface area (Å²) in [7, 11) is -4.04. The number of halogens is 4. The van der Waals surface area contributed by atoms with Crippen LogP contribution in [-0.2, 0) is 14.6 Å². The Morgan fingerprint density at radius 3 is 2.24 bits per heavy atom. The number of benzene rings is 1. The molecule has 0 heterocycles. The Morgan fingerprint density at radius 2 is 1.76 bits per heavy atom. The highest BCUT2D eigenvalue weighted by Gasteiger charge is 2.53. The number of alkyl halides is 2. The predicted molar refractivity (Wildman–Crippen MR) is 94.1 cm³/mol. The molecule has 1 saturated carbocycles. The van der Waals surface area contributed by atoms with Crippen LogP contribution in [-0.4, -0.2) is 38.1 Å². The summed E-state index contributed by atoms with van der Waals surface area (Å²) in [6.45, 7) is -1.91. The van der Waals surface area contributed by atoms with Gasteiger partial charge in [0.1, 0.15) is 0 Å². The summed E-state index contributed by atoms with van der Waals surface area (Å²) in [5.74, 6) is -4.18. The van der Waals surface area contributed by atoms with Crippen LogP contribution in [0, 0.1) is 0 Å². The average Bonchev–Trinajstić information content (AvgIpc) is 3.04. The van der Waals surface area contributed by atoms with Crippen molar-refractivity contribution in [3.8, 4) is 0 Å². The Hall–Kier alpha value is -0.960. The summed E-state index contributed by atoms with van der Waals surface area (Å²) in [5, 5.41) is 2.43. The van der Waals surface area contributed by atoms with Gasteiger partial charge in [-0.15, -0.1) is 12.4 Å². The molecule has 0 bridgehead atoms. The summed E-state index contributed by atoms with van der Waals surface area (Å²) < 4.78 is 50.8. The third kappa shape index (κ3) is 4.42. The molecule has 1 aromatic carbocycles. The van der Waals surface area contributed by atoms with Gasteiger partial charge in [-0.05, 0) is 37.1 Å². The molecular formula is C15H20Cl2F2N2O3S. The van der Waals surface area contributed by atoms with E-state index < -0.39 is 39.5 Å². The molecule has 25 heavy (non-hydrogen) atoms. The van der Waals surface area contributed by atoms with Crippen molar-refractivity contribution in [2.75, 3.05) is 13.1 Å². The maximum absolute atomic E-state index is 13.3. The first-order chi connectivity index (χ1) is 11.1. The van der Waals surface area contributed by atoms with E-state index in [-0.39, 0.29) is 30.1 Å². The topological polar surface area (TPSA) is 89.3 Å². The Balaban J connectivity index is 0.00000312. The zero-order chi connectivity index (χ0) is 18.0. The molecule has 2 rings (SSSR count). The standard InChI is InChI=1S/C15H19ClF2N2O3S.ClH/c16-11-3-5-12(6-4-11)24(22,23)14(7-1-2-8-14)13(21)20-10-15(17,18)9-19;/h3-6H,1-2,7-10,19H2,(H,20,21);1H. The maximum Gasteiger partial charge on any atom is 0.277 e. The quantitative estimate of drug-likeness (QED) is 0.745. The lowest BCUT2D eigenvalue weighted by atomic mass is 10.1. The molecule has 0 saturated heterocycles. The first-order valence-corrected chi connectivity index (χ1v) is 9.37. The minimum atomic E-state index is -4.04. The van der Waals surface area contributed by atoms with Crippen molar-refractivity contribution < 1.29 is 22.0 Å². The van der Waals surface area contributed by atoms with Crippen LogP contribution in [0.15, 0.2) is 29.2 Å². The van der Waals surface area contributed by atoms with E-state index in [0.717, 1.165) is 0 Å². The molecule has 0 unspecified atom stereocenters. The Bertz CT molecular complexity index is 706. The Labute approximate surface area is 156 Å². The number of carbonyl (C=O) groups excluding carboxylic acids is 1. The van der Waals surface area contributed by atoms with Gasteiger partial charge in [0.15, 0.2) is 14.6 Å². The van der Waals surface area contributed by atoms with Crippen LogP contribution in [0.5, 0.6) is 0 Å². The minimum absolute atomic E-state index is 0. The smallest absolute Gasteiger partial charge is 0.277 e. The van der Waals surface area contributed by atoms with Crippen molar-refractivity contribution in [1.29, 1.82) is 0 Å².